The van der Waals surface area contributed by atoms with Crippen molar-refractivity contribution in [1.82, 2.24) is 10.4 Å². The Bertz CT molecular complexity index is 1140. The molecule has 1 aliphatic rings. The van der Waals surface area contributed by atoms with E-state index in [0.29, 0.717) is 16.5 Å². The lowest BCUT2D eigenvalue weighted by Gasteiger charge is -2.26. The van der Waals surface area contributed by atoms with Crippen LogP contribution in [0.15, 0.2) is 54.6 Å². The molecule has 1 saturated heterocycles. The molecule has 0 aliphatic carbocycles. The number of allylic oxidation sites excluding steroid dienone is 1. The highest BCUT2D eigenvalue weighted by Crippen LogP contribution is 2.28. The van der Waals surface area contributed by atoms with Crippen LogP contribution in [0.3, 0.4) is 0 Å². The van der Waals surface area contributed by atoms with Crippen LogP contribution in [-0.4, -0.2) is 48.4 Å². The normalized spacial score (nSPS) is 15.5. The lowest BCUT2D eigenvalue weighted by Crippen LogP contribution is -2.55. The SMILES string of the molecule is CC=CC(=O)N(NC(=O)COc1ccc(Cl)cc1Cl)C1CC(=O)N(c2ccc(OC)cc2)C1=O. The van der Waals surface area contributed by atoms with E-state index in [-0.39, 0.29) is 17.2 Å². The summed E-state index contributed by atoms with van der Waals surface area (Å²) in [6.45, 7) is 1.10. The van der Waals surface area contributed by atoms with Crippen molar-refractivity contribution >= 4 is 52.5 Å². The van der Waals surface area contributed by atoms with E-state index in [1.165, 1.54) is 31.4 Å². The number of ether oxygens (including phenoxy) is 2. The Labute approximate surface area is 205 Å². The number of carbonyl (C=O) groups is 4. The molecule has 11 heteroatoms. The van der Waals surface area contributed by atoms with Crippen LogP contribution in [0.25, 0.3) is 0 Å². The molecule has 0 saturated carbocycles. The van der Waals surface area contributed by atoms with Gasteiger partial charge in [0.2, 0.25) is 5.91 Å². The Morgan fingerprint density at radius 1 is 1.18 bits per heavy atom. The van der Waals surface area contributed by atoms with Gasteiger partial charge < -0.3 is 9.47 Å². The van der Waals surface area contributed by atoms with Crippen LogP contribution in [0.5, 0.6) is 11.5 Å². The van der Waals surface area contributed by atoms with Gasteiger partial charge in [-0.05, 0) is 49.4 Å². The molecule has 0 bridgehead atoms. The molecule has 0 radical (unpaired) electrons. The zero-order chi connectivity index (χ0) is 24.8. The summed E-state index contributed by atoms with van der Waals surface area (Å²) < 4.78 is 10.5. The number of nitrogens with one attached hydrogen (secondary N) is 1. The van der Waals surface area contributed by atoms with Crippen molar-refractivity contribution in [1.29, 1.82) is 0 Å². The molecule has 1 aliphatic heterocycles. The average Bonchev–Trinajstić information content (AvgIpc) is 3.10. The Balaban J connectivity index is 1.76. The molecule has 2 aromatic carbocycles. The highest BCUT2D eigenvalue weighted by Gasteiger charge is 2.45. The number of amides is 4. The van der Waals surface area contributed by atoms with E-state index in [1.54, 1.807) is 37.3 Å². The monoisotopic (exact) mass is 505 g/mol. The number of methoxy groups -OCH3 is 1. The Kier molecular flexibility index (Phi) is 8.14. The number of hydrogen-bond donors (Lipinski definition) is 1. The number of imide groups is 1. The maximum absolute atomic E-state index is 13.1. The summed E-state index contributed by atoms with van der Waals surface area (Å²) in [5, 5.41) is 1.43. The second-order valence-corrected chi connectivity index (χ2v) is 7.94. The molecule has 178 valence electrons. The molecule has 4 amide bonds. The topological polar surface area (TPSA) is 105 Å². The minimum absolute atomic E-state index is 0.203. The van der Waals surface area contributed by atoms with Crippen LogP contribution in [-0.2, 0) is 19.2 Å². The summed E-state index contributed by atoms with van der Waals surface area (Å²) in [6.07, 6.45) is 2.32. The molecule has 1 heterocycles. The third-order valence-corrected chi connectivity index (χ3v) is 5.34. The van der Waals surface area contributed by atoms with Crippen LogP contribution >= 0.6 is 23.2 Å². The molecule has 1 unspecified atom stereocenters. The second-order valence-electron chi connectivity index (χ2n) is 7.09. The highest BCUT2D eigenvalue weighted by atomic mass is 35.5. The van der Waals surface area contributed by atoms with Crippen LogP contribution in [0, 0.1) is 0 Å². The zero-order valence-electron chi connectivity index (χ0n) is 18.3. The summed E-state index contributed by atoms with van der Waals surface area (Å²) >= 11 is 11.9. The van der Waals surface area contributed by atoms with Crippen molar-refractivity contribution < 1.29 is 28.7 Å². The standard InChI is InChI=1S/C23H21Cl2N3O6/c1-3-4-21(30)28(26-20(29)13-34-19-10-5-14(24)11-17(19)25)18-12-22(31)27(23(18)32)15-6-8-16(33-2)9-7-15/h3-11,18H,12-13H2,1-2H3,(H,26,29). The summed E-state index contributed by atoms with van der Waals surface area (Å²) in [5.41, 5.74) is 2.69. The molecule has 34 heavy (non-hydrogen) atoms. The summed E-state index contributed by atoms with van der Waals surface area (Å²) in [4.78, 5) is 51.9. The van der Waals surface area contributed by atoms with Gasteiger partial charge in [0, 0.05) is 11.1 Å². The fraction of sp³-hybridized carbons (Fsp3) is 0.217. The van der Waals surface area contributed by atoms with Gasteiger partial charge in [-0.25, -0.2) is 9.91 Å². The third kappa shape index (κ3) is 5.67. The first-order chi connectivity index (χ1) is 16.2. The number of rotatable bonds is 7. The van der Waals surface area contributed by atoms with Crippen LogP contribution in [0.2, 0.25) is 10.0 Å². The van der Waals surface area contributed by atoms with Crippen molar-refractivity contribution in [3.8, 4) is 11.5 Å². The van der Waals surface area contributed by atoms with Crippen LogP contribution in [0.4, 0.5) is 5.69 Å². The van der Waals surface area contributed by atoms with Gasteiger partial charge in [0.25, 0.3) is 17.7 Å². The summed E-state index contributed by atoms with van der Waals surface area (Å²) in [5.74, 6) is -1.82. The largest absolute Gasteiger partial charge is 0.497 e. The molecule has 1 fully saturated rings. The minimum Gasteiger partial charge on any atom is -0.497 e. The maximum Gasteiger partial charge on any atom is 0.276 e. The molecule has 2 aromatic rings. The number of hydrazine groups is 1. The molecule has 0 spiro atoms. The summed E-state index contributed by atoms with van der Waals surface area (Å²) in [7, 11) is 1.50. The van der Waals surface area contributed by atoms with Crippen LogP contribution in [0.1, 0.15) is 13.3 Å². The van der Waals surface area contributed by atoms with E-state index in [1.807, 2.05) is 0 Å². The Morgan fingerprint density at radius 2 is 1.88 bits per heavy atom. The first-order valence-electron chi connectivity index (χ1n) is 10.1. The number of halogens is 2. The zero-order valence-corrected chi connectivity index (χ0v) is 19.8. The van der Waals surface area contributed by atoms with Gasteiger partial charge in [-0.2, -0.15) is 0 Å². The minimum atomic E-state index is -1.23. The van der Waals surface area contributed by atoms with Crippen molar-refractivity contribution in [2.45, 2.75) is 19.4 Å². The van der Waals surface area contributed by atoms with Gasteiger partial charge in [-0.3, -0.25) is 24.6 Å². The number of hydrogen-bond acceptors (Lipinski definition) is 6. The number of anilines is 1. The van der Waals surface area contributed by atoms with Crippen LogP contribution < -0.4 is 19.8 Å². The van der Waals surface area contributed by atoms with Gasteiger partial charge in [-0.15, -0.1) is 0 Å². The quantitative estimate of drug-likeness (QED) is 0.352. The van der Waals surface area contributed by atoms with Gasteiger partial charge in [0.1, 0.15) is 17.5 Å². The van der Waals surface area contributed by atoms with Crippen molar-refractivity contribution in [2.24, 2.45) is 0 Å². The number of carbonyl (C=O) groups excluding carboxylic acids is 4. The molecule has 1 atom stereocenters. The molecular weight excluding hydrogens is 485 g/mol. The van der Waals surface area contributed by atoms with Crippen molar-refractivity contribution in [2.75, 3.05) is 18.6 Å². The molecular formula is C23H21Cl2N3O6. The van der Waals surface area contributed by atoms with E-state index in [0.717, 1.165) is 9.91 Å². The maximum atomic E-state index is 13.1. The highest BCUT2D eigenvalue weighted by molar-refractivity contribution is 6.35. The third-order valence-electron chi connectivity index (χ3n) is 4.81. The van der Waals surface area contributed by atoms with E-state index in [2.05, 4.69) is 5.43 Å². The average molecular weight is 506 g/mol. The number of benzene rings is 2. The van der Waals surface area contributed by atoms with E-state index in [4.69, 9.17) is 32.7 Å². The Morgan fingerprint density at radius 3 is 2.50 bits per heavy atom. The fourth-order valence-electron chi connectivity index (χ4n) is 3.23. The lowest BCUT2D eigenvalue weighted by atomic mass is 10.2. The summed E-state index contributed by atoms with van der Waals surface area (Å²) in [6, 6.07) is 9.57. The predicted octanol–water partition coefficient (Wildman–Crippen LogP) is 3.15. The second kappa shape index (κ2) is 11.0. The smallest absolute Gasteiger partial charge is 0.276 e. The Hall–Kier alpha value is -3.56. The van der Waals surface area contributed by atoms with Gasteiger partial charge in [0.15, 0.2) is 6.61 Å². The molecule has 3 rings (SSSR count). The van der Waals surface area contributed by atoms with E-state index in [9.17, 15) is 19.2 Å². The fourth-order valence-corrected chi connectivity index (χ4v) is 3.69. The number of nitrogens with zero attached hydrogens (tertiary/aromatic N) is 2. The van der Waals surface area contributed by atoms with Gasteiger partial charge in [-0.1, -0.05) is 29.3 Å². The van der Waals surface area contributed by atoms with Gasteiger partial charge >= 0.3 is 0 Å². The van der Waals surface area contributed by atoms with Gasteiger partial charge in [0.05, 0.1) is 24.2 Å². The van der Waals surface area contributed by atoms with E-state index >= 15 is 0 Å². The first-order valence-corrected chi connectivity index (χ1v) is 10.8. The van der Waals surface area contributed by atoms with E-state index < -0.39 is 36.3 Å². The first kappa shape index (κ1) is 25.1. The molecule has 1 N–H and O–H groups in total. The molecule has 9 nitrogen and oxygen atoms in total. The predicted molar refractivity (Wildman–Crippen MR) is 126 cm³/mol. The molecule has 0 aromatic heterocycles. The van der Waals surface area contributed by atoms with Crippen molar-refractivity contribution in [3.05, 3.63) is 64.7 Å². The lowest BCUT2D eigenvalue weighted by molar-refractivity contribution is -0.144. The van der Waals surface area contributed by atoms with Crippen molar-refractivity contribution in [3.63, 3.8) is 0 Å².